The molecular formula is C16H27N3. The van der Waals surface area contributed by atoms with Gasteiger partial charge in [-0.2, -0.15) is 0 Å². The Labute approximate surface area is 117 Å². The molecule has 1 aromatic heterocycles. The lowest BCUT2D eigenvalue weighted by Gasteiger charge is -2.36. The van der Waals surface area contributed by atoms with Gasteiger partial charge in [0, 0.05) is 31.5 Å². The standard InChI is InChI=1S/C16H27N3/c1-3-18-14(2)16-5-4-11-19(13-16)12-8-15-6-9-17-10-7-15/h6-7,9-10,14,16,18H,3-5,8,11-13H2,1-2H3. The van der Waals surface area contributed by atoms with E-state index in [9.17, 15) is 0 Å². The Kier molecular flexibility index (Phi) is 5.80. The first kappa shape index (κ1) is 14.5. The molecule has 2 heterocycles. The van der Waals surface area contributed by atoms with Crippen LogP contribution in [0.1, 0.15) is 32.3 Å². The predicted octanol–water partition coefficient (Wildman–Crippen LogP) is 2.33. The highest BCUT2D eigenvalue weighted by molar-refractivity contribution is 5.09. The minimum Gasteiger partial charge on any atom is -0.314 e. The minimum absolute atomic E-state index is 0.647. The molecule has 3 heteroatoms. The topological polar surface area (TPSA) is 28.2 Å². The van der Waals surface area contributed by atoms with Crippen molar-refractivity contribution in [2.45, 2.75) is 39.2 Å². The van der Waals surface area contributed by atoms with Gasteiger partial charge in [-0.15, -0.1) is 0 Å². The fraction of sp³-hybridized carbons (Fsp3) is 0.688. The average Bonchev–Trinajstić information content (AvgIpc) is 2.47. The van der Waals surface area contributed by atoms with Gasteiger partial charge in [0.1, 0.15) is 0 Å². The number of hydrogen-bond donors (Lipinski definition) is 1. The van der Waals surface area contributed by atoms with Crippen LogP contribution in [0.3, 0.4) is 0 Å². The lowest BCUT2D eigenvalue weighted by molar-refractivity contribution is 0.153. The summed E-state index contributed by atoms with van der Waals surface area (Å²) in [5.41, 5.74) is 1.40. The second kappa shape index (κ2) is 7.61. The second-order valence-corrected chi connectivity index (χ2v) is 5.65. The number of likely N-dealkylation sites (tertiary alicyclic amines) is 1. The molecule has 2 unspecified atom stereocenters. The Morgan fingerprint density at radius 3 is 2.95 bits per heavy atom. The first-order valence-corrected chi connectivity index (χ1v) is 7.64. The van der Waals surface area contributed by atoms with E-state index in [0.717, 1.165) is 18.9 Å². The fourth-order valence-electron chi connectivity index (χ4n) is 3.03. The fourth-order valence-corrected chi connectivity index (χ4v) is 3.03. The molecule has 0 amide bonds. The number of nitrogens with one attached hydrogen (secondary N) is 1. The molecule has 1 fully saturated rings. The smallest absolute Gasteiger partial charge is 0.0270 e. The van der Waals surface area contributed by atoms with Crippen molar-refractivity contribution in [1.82, 2.24) is 15.2 Å². The quantitative estimate of drug-likeness (QED) is 0.852. The number of piperidine rings is 1. The monoisotopic (exact) mass is 261 g/mol. The van der Waals surface area contributed by atoms with Crippen LogP contribution < -0.4 is 5.32 Å². The summed E-state index contributed by atoms with van der Waals surface area (Å²) in [4.78, 5) is 6.70. The van der Waals surface area contributed by atoms with Crippen molar-refractivity contribution in [2.75, 3.05) is 26.2 Å². The summed E-state index contributed by atoms with van der Waals surface area (Å²) in [6.45, 7) is 9.30. The molecule has 1 N–H and O–H groups in total. The van der Waals surface area contributed by atoms with Gasteiger partial charge in [-0.3, -0.25) is 4.98 Å². The van der Waals surface area contributed by atoms with E-state index in [1.807, 2.05) is 12.4 Å². The van der Waals surface area contributed by atoms with E-state index < -0.39 is 0 Å². The normalized spacial score (nSPS) is 22.3. The van der Waals surface area contributed by atoms with Gasteiger partial charge in [0.15, 0.2) is 0 Å². The van der Waals surface area contributed by atoms with Crippen molar-refractivity contribution in [3.8, 4) is 0 Å². The van der Waals surface area contributed by atoms with Gasteiger partial charge in [-0.25, -0.2) is 0 Å². The summed E-state index contributed by atoms with van der Waals surface area (Å²) in [6, 6.07) is 4.90. The molecule has 0 spiro atoms. The van der Waals surface area contributed by atoms with Gasteiger partial charge >= 0.3 is 0 Å². The number of hydrogen-bond acceptors (Lipinski definition) is 3. The number of nitrogens with zero attached hydrogens (tertiary/aromatic N) is 2. The summed E-state index contributed by atoms with van der Waals surface area (Å²) in [6.07, 6.45) is 7.64. The van der Waals surface area contributed by atoms with E-state index in [2.05, 4.69) is 41.2 Å². The van der Waals surface area contributed by atoms with Crippen LogP contribution in [0.5, 0.6) is 0 Å². The summed E-state index contributed by atoms with van der Waals surface area (Å²) >= 11 is 0. The molecule has 3 nitrogen and oxygen atoms in total. The maximum atomic E-state index is 4.07. The van der Waals surface area contributed by atoms with Crippen LogP contribution in [0.4, 0.5) is 0 Å². The largest absolute Gasteiger partial charge is 0.314 e. The molecule has 0 bridgehead atoms. The van der Waals surface area contributed by atoms with Crippen LogP contribution >= 0.6 is 0 Å². The van der Waals surface area contributed by atoms with E-state index in [1.54, 1.807) is 0 Å². The SMILES string of the molecule is CCNC(C)C1CCCN(CCc2ccncc2)C1. The van der Waals surface area contributed by atoms with Crippen LogP contribution in [0.15, 0.2) is 24.5 Å². The first-order chi connectivity index (χ1) is 9.29. The van der Waals surface area contributed by atoms with Crippen molar-refractivity contribution in [3.63, 3.8) is 0 Å². The first-order valence-electron chi connectivity index (χ1n) is 7.64. The van der Waals surface area contributed by atoms with E-state index in [1.165, 1.54) is 38.0 Å². The van der Waals surface area contributed by atoms with Gasteiger partial charge in [-0.05, 0) is 62.9 Å². The molecule has 106 valence electrons. The van der Waals surface area contributed by atoms with Crippen LogP contribution in [0.2, 0.25) is 0 Å². The maximum absolute atomic E-state index is 4.07. The van der Waals surface area contributed by atoms with E-state index in [-0.39, 0.29) is 0 Å². The Morgan fingerprint density at radius 1 is 1.42 bits per heavy atom. The van der Waals surface area contributed by atoms with Gasteiger partial charge in [0.25, 0.3) is 0 Å². The van der Waals surface area contributed by atoms with Gasteiger partial charge in [0.2, 0.25) is 0 Å². The molecule has 0 saturated carbocycles. The molecule has 2 atom stereocenters. The zero-order valence-electron chi connectivity index (χ0n) is 12.3. The molecular weight excluding hydrogens is 234 g/mol. The van der Waals surface area contributed by atoms with Crippen LogP contribution in [-0.4, -0.2) is 42.1 Å². The molecule has 0 radical (unpaired) electrons. The molecule has 1 aliphatic rings. The third-order valence-electron chi connectivity index (χ3n) is 4.24. The van der Waals surface area contributed by atoms with Gasteiger partial charge in [-0.1, -0.05) is 6.92 Å². The van der Waals surface area contributed by atoms with Crippen molar-refractivity contribution >= 4 is 0 Å². The molecule has 1 aliphatic heterocycles. The summed E-state index contributed by atoms with van der Waals surface area (Å²) < 4.78 is 0. The molecule has 0 aliphatic carbocycles. The molecule has 1 aromatic rings. The number of pyridine rings is 1. The lowest BCUT2D eigenvalue weighted by atomic mass is 9.91. The maximum Gasteiger partial charge on any atom is 0.0270 e. The van der Waals surface area contributed by atoms with Crippen molar-refractivity contribution in [1.29, 1.82) is 0 Å². The lowest BCUT2D eigenvalue weighted by Crippen LogP contribution is -2.44. The van der Waals surface area contributed by atoms with E-state index >= 15 is 0 Å². The van der Waals surface area contributed by atoms with Crippen molar-refractivity contribution < 1.29 is 0 Å². The predicted molar refractivity (Wildman–Crippen MR) is 80.2 cm³/mol. The number of rotatable bonds is 6. The van der Waals surface area contributed by atoms with Gasteiger partial charge in [0.05, 0.1) is 0 Å². The number of aromatic nitrogens is 1. The highest BCUT2D eigenvalue weighted by Crippen LogP contribution is 2.20. The average molecular weight is 261 g/mol. The third kappa shape index (κ3) is 4.59. The Balaban J connectivity index is 1.78. The highest BCUT2D eigenvalue weighted by atomic mass is 15.1. The van der Waals surface area contributed by atoms with Crippen LogP contribution in [0.25, 0.3) is 0 Å². The zero-order chi connectivity index (χ0) is 13.5. The Hall–Kier alpha value is -0.930. The highest BCUT2D eigenvalue weighted by Gasteiger charge is 2.23. The summed E-state index contributed by atoms with van der Waals surface area (Å²) in [5.74, 6) is 0.811. The molecule has 2 rings (SSSR count). The van der Waals surface area contributed by atoms with E-state index in [4.69, 9.17) is 0 Å². The van der Waals surface area contributed by atoms with Crippen LogP contribution in [0, 0.1) is 5.92 Å². The molecule has 0 aromatic carbocycles. The van der Waals surface area contributed by atoms with Gasteiger partial charge < -0.3 is 10.2 Å². The Bertz CT molecular complexity index is 352. The summed E-state index contributed by atoms with van der Waals surface area (Å²) in [7, 11) is 0. The van der Waals surface area contributed by atoms with Crippen molar-refractivity contribution in [2.24, 2.45) is 5.92 Å². The zero-order valence-corrected chi connectivity index (χ0v) is 12.3. The molecule has 19 heavy (non-hydrogen) atoms. The van der Waals surface area contributed by atoms with E-state index in [0.29, 0.717) is 6.04 Å². The minimum atomic E-state index is 0.647. The second-order valence-electron chi connectivity index (χ2n) is 5.65. The Morgan fingerprint density at radius 2 is 2.21 bits per heavy atom. The third-order valence-corrected chi connectivity index (χ3v) is 4.24. The summed E-state index contributed by atoms with van der Waals surface area (Å²) in [5, 5.41) is 3.57. The van der Waals surface area contributed by atoms with Crippen LogP contribution in [-0.2, 0) is 6.42 Å². The van der Waals surface area contributed by atoms with Crippen molar-refractivity contribution in [3.05, 3.63) is 30.1 Å². The molecule has 1 saturated heterocycles.